The fraction of sp³-hybridized carbons (Fsp3) is 0.0667. The van der Waals surface area contributed by atoms with Crippen LogP contribution in [0.1, 0.15) is 10.4 Å². The maximum atomic E-state index is 11.1. The van der Waals surface area contributed by atoms with Crippen LogP contribution in [-0.2, 0) is 0 Å². The van der Waals surface area contributed by atoms with Crippen molar-refractivity contribution in [3.63, 3.8) is 0 Å². The van der Waals surface area contributed by atoms with Crippen LogP contribution in [0.25, 0.3) is 22.2 Å². The van der Waals surface area contributed by atoms with Crippen LogP contribution in [0, 0.1) is 0 Å². The minimum Gasteiger partial charge on any atom is -0.478 e. The molecule has 5 nitrogen and oxygen atoms in total. The molecule has 0 aliphatic heterocycles. The number of nitrogens with zero attached hydrogens (tertiary/aromatic N) is 1. The summed E-state index contributed by atoms with van der Waals surface area (Å²) in [7, 11) is 1.80. The number of carboxylic acid groups (broad SMARTS) is 1. The zero-order valence-corrected chi connectivity index (χ0v) is 10.8. The van der Waals surface area contributed by atoms with Crippen LogP contribution >= 0.6 is 0 Å². The normalized spacial score (nSPS) is 10.7. The third-order valence-corrected chi connectivity index (χ3v) is 3.21. The van der Waals surface area contributed by atoms with Crippen molar-refractivity contribution in [1.82, 2.24) is 9.97 Å². The summed E-state index contributed by atoms with van der Waals surface area (Å²) in [6.07, 6.45) is 1.82. The fourth-order valence-electron chi connectivity index (χ4n) is 2.22. The molecular weight excluding hydrogens is 254 g/mol. The number of H-pyrrole nitrogens is 1. The average Bonchev–Trinajstić information content (AvgIpc) is 2.94. The predicted octanol–water partition coefficient (Wildman–Crippen LogP) is 2.97. The summed E-state index contributed by atoms with van der Waals surface area (Å²) in [5.74, 6) is -0.198. The molecule has 0 fully saturated rings. The molecule has 0 aliphatic rings. The summed E-state index contributed by atoms with van der Waals surface area (Å²) in [5.41, 5.74) is 2.85. The van der Waals surface area contributed by atoms with Gasteiger partial charge in [-0.3, -0.25) is 0 Å². The molecule has 2 heterocycles. The van der Waals surface area contributed by atoms with Gasteiger partial charge in [0.15, 0.2) is 0 Å². The quantitative estimate of drug-likeness (QED) is 0.681. The Kier molecular flexibility index (Phi) is 2.87. The molecule has 0 aliphatic carbocycles. The molecule has 0 unspecified atom stereocenters. The van der Waals surface area contributed by atoms with Crippen LogP contribution in [0.4, 0.5) is 5.82 Å². The molecule has 3 aromatic rings. The Bertz CT molecular complexity index is 793. The monoisotopic (exact) mass is 267 g/mol. The number of aromatic nitrogens is 2. The first-order valence-corrected chi connectivity index (χ1v) is 6.18. The van der Waals surface area contributed by atoms with Crippen molar-refractivity contribution in [2.45, 2.75) is 0 Å². The lowest BCUT2D eigenvalue weighted by atomic mass is 10.0. The van der Waals surface area contributed by atoms with Gasteiger partial charge in [-0.15, -0.1) is 0 Å². The highest BCUT2D eigenvalue weighted by molar-refractivity contribution is 5.96. The molecule has 0 atom stereocenters. The molecule has 0 saturated carbocycles. The highest BCUT2D eigenvalue weighted by Gasteiger charge is 2.10. The van der Waals surface area contributed by atoms with Gasteiger partial charge in [-0.2, -0.15) is 0 Å². The van der Waals surface area contributed by atoms with Gasteiger partial charge >= 0.3 is 5.97 Å². The number of hydrogen-bond acceptors (Lipinski definition) is 3. The van der Waals surface area contributed by atoms with Gasteiger partial charge in [0.25, 0.3) is 0 Å². The molecule has 20 heavy (non-hydrogen) atoms. The van der Waals surface area contributed by atoms with Crippen molar-refractivity contribution in [1.29, 1.82) is 0 Å². The van der Waals surface area contributed by atoms with E-state index in [1.165, 1.54) is 0 Å². The summed E-state index contributed by atoms with van der Waals surface area (Å²) >= 11 is 0. The second-order valence-electron chi connectivity index (χ2n) is 4.43. The minimum absolute atomic E-state index is 0.272. The van der Waals surface area contributed by atoms with E-state index < -0.39 is 5.97 Å². The number of aromatic carboxylic acids is 1. The number of nitrogens with one attached hydrogen (secondary N) is 2. The molecule has 0 radical (unpaired) electrons. The fourth-order valence-corrected chi connectivity index (χ4v) is 2.22. The van der Waals surface area contributed by atoms with Crippen LogP contribution in [0.5, 0.6) is 0 Å². The first kappa shape index (κ1) is 12.2. The summed E-state index contributed by atoms with van der Waals surface area (Å²) in [6, 6.07) is 10.7. The zero-order valence-electron chi connectivity index (χ0n) is 10.8. The number of pyridine rings is 1. The molecule has 0 bridgehead atoms. The number of hydrogen-bond donors (Lipinski definition) is 3. The summed E-state index contributed by atoms with van der Waals surface area (Å²) in [5, 5.41) is 13.1. The van der Waals surface area contributed by atoms with Crippen molar-refractivity contribution in [3.05, 3.63) is 48.2 Å². The van der Waals surface area contributed by atoms with Crippen LogP contribution in [-0.4, -0.2) is 28.1 Å². The molecule has 0 saturated heterocycles. The van der Waals surface area contributed by atoms with Gasteiger partial charge in [0, 0.05) is 18.6 Å². The SMILES string of the molecule is CNc1cc(-c2cccc(C(=O)O)c2)c2cc[nH]c2n1. The van der Waals surface area contributed by atoms with Crippen molar-refractivity contribution < 1.29 is 9.90 Å². The van der Waals surface area contributed by atoms with Gasteiger partial charge in [0.2, 0.25) is 0 Å². The number of carbonyl (C=O) groups is 1. The van der Waals surface area contributed by atoms with Gasteiger partial charge in [-0.1, -0.05) is 12.1 Å². The molecule has 5 heteroatoms. The van der Waals surface area contributed by atoms with Crippen molar-refractivity contribution >= 4 is 22.8 Å². The first-order chi connectivity index (χ1) is 9.69. The Morgan fingerprint density at radius 2 is 2.15 bits per heavy atom. The molecule has 0 spiro atoms. The number of rotatable bonds is 3. The summed E-state index contributed by atoms with van der Waals surface area (Å²) in [6.45, 7) is 0. The zero-order chi connectivity index (χ0) is 14.1. The van der Waals surface area contributed by atoms with Crippen molar-refractivity contribution in [2.75, 3.05) is 12.4 Å². The first-order valence-electron chi connectivity index (χ1n) is 6.18. The van der Waals surface area contributed by atoms with Crippen LogP contribution in [0.3, 0.4) is 0 Å². The van der Waals surface area contributed by atoms with E-state index in [0.717, 1.165) is 28.0 Å². The van der Waals surface area contributed by atoms with E-state index in [2.05, 4.69) is 15.3 Å². The Balaban J connectivity index is 2.25. The van der Waals surface area contributed by atoms with Gasteiger partial charge in [0.1, 0.15) is 11.5 Å². The molecule has 3 N–H and O–H groups in total. The number of carboxylic acids is 1. The van der Waals surface area contributed by atoms with Gasteiger partial charge < -0.3 is 15.4 Å². The second-order valence-corrected chi connectivity index (χ2v) is 4.43. The summed E-state index contributed by atoms with van der Waals surface area (Å²) < 4.78 is 0. The van der Waals surface area contributed by atoms with Crippen LogP contribution in [0.2, 0.25) is 0 Å². The Hall–Kier alpha value is -2.82. The number of benzene rings is 1. The standard InChI is InChI=1S/C15H13N3O2/c1-16-13-8-12(11-5-6-17-14(11)18-13)9-3-2-4-10(7-9)15(19)20/h2-8H,1H3,(H,19,20)(H2,16,17,18). The lowest BCUT2D eigenvalue weighted by Crippen LogP contribution is -1.97. The van der Waals surface area contributed by atoms with Crippen LogP contribution < -0.4 is 5.32 Å². The largest absolute Gasteiger partial charge is 0.478 e. The van der Waals surface area contributed by atoms with Crippen LogP contribution in [0.15, 0.2) is 42.6 Å². The highest BCUT2D eigenvalue weighted by Crippen LogP contribution is 2.30. The van der Waals surface area contributed by atoms with E-state index in [4.69, 9.17) is 5.11 Å². The topological polar surface area (TPSA) is 78.0 Å². The molecule has 100 valence electrons. The lowest BCUT2D eigenvalue weighted by Gasteiger charge is -2.07. The maximum absolute atomic E-state index is 11.1. The van der Waals surface area contributed by atoms with E-state index in [9.17, 15) is 4.79 Å². The Morgan fingerprint density at radius 3 is 2.90 bits per heavy atom. The van der Waals surface area contributed by atoms with E-state index >= 15 is 0 Å². The molecule has 3 rings (SSSR count). The van der Waals surface area contributed by atoms with Gasteiger partial charge in [0.05, 0.1) is 5.56 Å². The average molecular weight is 267 g/mol. The number of fused-ring (bicyclic) bond motifs is 1. The number of anilines is 1. The minimum atomic E-state index is -0.931. The molecule has 0 amide bonds. The van der Waals surface area contributed by atoms with Crippen molar-refractivity contribution in [3.8, 4) is 11.1 Å². The van der Waals surface area contributed by atoms with E-state index in [1.54, 1.807) is 25.2 Å². The molecule has 1 aromatic carbocycles. The second kappa shape index (κ2) is 4.70. The van der Waals surface area contributed by atoms with Crippen molar-refractivity contribution in [2.24, 2.45) is 0 Å². The number of aromatic amines is 1. The van der Waals surface area contributed by atoms with E-state index in [-0.39, 0.29) is 5.56 Å². The molecule has 2 aromatic heterocycles. The molecular formula is C15H13N3O2. The smallest absolute Gasteiger partial charge is 0.335 e. The lowest BCUT2D eigenvalue weighted by molar-refractivity contribution is 0.0697. The van der Waals surface area contributed by atoms with Gasteiger partial charge in [-0.25, -0.2) is 9.78 Å². The van der Waals surface area contributed by atoms with Gasteiger partial charge in [-0.05, 0) is 35.4 Å². The van der Waals surface area contributed by atoms with E-state index in [0.29, 0.717) is 0 Å². The van der Waals surface area contributed by atoms with E-state index in [1.807, 2.05) is 24.4 Å². The Morgan fingerprint density at radius 1 is 1.30 bits per heavy atom. The predicted molar refractivity (Wildman–Crippen MR) is 78.0 cm³/mol. The third kappa shape index (κ3) is 1.99. The highest BCUT2D eigenvalue weighted by atomic mass is 16.4. The maximum Gasteiger partial charge on any atom is 0.335 e. The third-order valence-electron chi connectivity index (χ3n) is 3.21. The summed E-state index contributed by atoms with van der Waals surface area (Å²) in [4.78, 5) is 18.6. The Labute approximate surface area is 115 Å².